The van der Waals surface area contributed by atoms with Crippen molar-refractivity contribution in [2.45, 2.75) is 110 Å². The summed E-state index contributed by atoms with van der Waals surface area (Å²) in [7, 11) is 0. The molecule has 1 unspecified atom stereocenters. The van der Waals surface area contributed by atoms with E-state index in [0.29, 0.717) is 25.0 Å². The summed E-state index contributed by atoms with van der Waals surface area (Å²) in [6.45, 7) is 13.7. The predicted octanol–water partition coefficient (Wildman–Crippen LogP) is 14.4. The molecular weight excluding hydrogens is 955 g/mol. The number of benzene rings is 5. The molecule has 0 radical (unpaired) electrons. The van der Waals surface area contributed by atoms with Crippen molar-refractivity contribution in [3.63, 3.8) is 0 Å². The van der Waals surface area contributed by atoms with E-state index < -0.39 is 5.56 Å². The Morgan fingerprint density at radius 3 is 1.89 bits per heavy atom. The summed E-state index contributed by atoms with van der Waals surface area (Å²) in [6.07, 6.45) is 12.2. The third kappa shape index (κ3) is 8.65. The van der Waals surface area contributed by atoms with Gasteiger partial charge in [-0.15, -0.1) is 22.7 Å². The molecule has 364 valence electrons. The van der Waals surface area contributed by atoms with E-state index in [4.69, 9.17) is 22.1 Å². The second kappa shape index (κ2) is 20.5. The summed E-state index contributed by atoms with van der Waals surface area (Å²) in [5.41, 5.74) is 15.1. The maximum atomic E-state index is 13.8. The standard InChI is InChI=1S/C60H61N3O4S4/c1-7-12-33-59(6)48-21-17-15-19-44(48)46-30-27-41(36-50(46)59)62(42-28-31-47-45-20-16-18-22-49(45)60(34-13-8-2,35-14-9-3)51(47)37-42)40-25-23-39(24-26-40)52-32-29-43(69-52)38-53-55(64)63(67-66-11-5)57(70-53)54-56(65)61(10-4)58(68)71-54/h15-32,36-38H,7-14,33-35H2,1-6H3/b53-38+,57-54+. The molecule has 7 nitrogen and oxygen atoms in total. The van der Waals surface area contributed by atoms with Crippen LogP contribution in [0.5, 0.6) is 0 Å². The van der Waals surface area contributed by atoms with Crippen LogP contribution in [0.25, 0.3) is 43.7 Å². The number of fused-ring (bicyclic) bond motifs is 6. The zero-order valence-electron chi connectivity index (χ0n) is 41.5. The third-order valence-corrected chi connectivity index (χ3v) is 18.5. The number of carbonyl (C=O) groups excluding carboxylic acids is 1. The van der Waals surface area contributed by atoms with Crippen LogP contribution >= 0.6 is 46.7 Å². The van der Waals surface area contributed by atoms with Crippen LogP contribution < -0.4 is 24.6 Å². The number of nitrogens with zero attached hydrogens (tertiary/aromatic N) is 3. The van der Waals surface area contributed by atoms with Gasteiger partial charge >= 0.3 is 5.56 Å². The van der Waals surface area contributed by atoms with Gasteiger partial charge in [0.15, 0.2) is 4.66 Å². The molecule has 2 aromatic heterocycles. The molecule has 0 N–H and O–H groups in total. The van der Waals surface area contributed by atoms with Crippen LogP contribution in [0.4, 0.5) is 17.1 Å². The highest BCUT2D eigenvalue weighted by molar-refractivity contribution is 8.30. The van der Waals surface area contributed by atoms with Crippen LogP contribution in [0.2, 0.25) is 0 Å². The van der Waals surface area contributed by atoms with Crippen molar-refractivity contribution in [3.05, 3.63) is 168 Å². The van der Waals surface area contributed by atoms with Gasteiger partial charge in [0, 0.05) is 44.2 Å². The first-order valence-electron chi connectivity index (χ1n) is 25.4. The lowest BCUT2D eigenvalue weighted by Crippen LogP contribution is -2.38. The number of hydrogen-bond acceptors (Lipinski definition) is 9. The Morgan fingerprint density at radius 1 is 0.648 bits per heavy atom. The van der Waals surface area contributed by atoms with Crippen molar-refractivity contribution in [2.75, 3.05) is 18.1 Å². The van der Waals surface area contributed by atoms with Gasteiger partial charge in [-0.1, -0.05) is 168 Å². The third-order valence-electron chi connectivity index (χ3n) is 14.8. The van der Waals surface area contributed by atoms with Crippen LogP contribution in [0.3, 0.4) is 0 Å². The highest BCUT2D eigenvalue weighted by Gasteiger charge is 2.43. The van der Waals surface area contributed by atoms with Crippen molar-refractivity contribution in [1.29, 1.82) is 0 Å². The topological polar surface area (TPSA) is 64.0 Å². The van der Waals surface area contributed by atoms with E-state index in [2.05, 4.69) is 148 Å². The number of thiazole rings is 1. The maximum absolute atomic E-state index is 13.8. The van der Waals surface area contributed by atoms with Gasteiger partial charge in [-0.25, -0.2) is 4.99 Å². The van der Waals surface area contributed by atoms with Gasteiger partial charge in [-0.05, 0) is 138 Å². The molecule has 1 saturated heterocycles. The zero-order chi connectivity index (χ0) is 49.4. The average molecular weight is 1020 g/mol. The van der Waals surface area contributed by atoms with Crippen LogP contribution in [0.1, 0.15) is 126 Å². The summed E-state index contributed by atoms with van der Waals surface area (Å²) >= 11 is 9.47. The van der Waals surface area contributed by atoms with Gasteiger partial charge in [0.05, 0.1) is 11.1 Å². The van der Waals surface area contributed by atoms with Gasteiger partial charge in [0.2, 0.25) is 0 Å². The molecule has 3 heterocycles. The lowest BCUT2D eigenvalue weighted by atomic mass is 9.71. The minimum Gasteiger partial charge on any atom is -0.310 e. The second-order valence-corrected chi connectivity index (χ2v) is 22.9. The molecule has 0 bridgehead atoms. The molecule has 10 rings (SSSR count). The molecule has 7 aromatic rings. The Bertz CT molecular complexity index is 3340. The Balaban J connectivity index is 1.07. The smallest absolute Gasteiger partial charge is 0.304 e. The number of amides is 1. The highest BCUT2D eigenvalue weighted by Crippen LogP contribution is 2.57. The van der Waals surface area contributed by atoms with Crippen molar-refractivity contribution in [3.8, 4) is 32.7 Å². The number of rotatable bonds is 18. The molecule has 1 fully saturated rings. The fourth-order valence-electron chi connectivity index (χ4n) is 11.2. The quantitative estimate of drug-likeness (QED) is 0.0482. The monoisotopic (exact) mass is 1020 g/mol. The van der Waals surface area contributed by atoms with Crippen LogP contribution in [0, 0.1) is 0 Å². The number of thiocarbonyl (C=S) groups is 1. The van der Waals surface area contributed by atoms with E-state index >= 15 is 0 Å². The van der Waals surface area contributed by atoms with Crippen molar-refractivity contribution >= 4 is 84.9 Å². The van der Waals surface area contributed by atoms with Crippen LogP contribution in [-0.4, -0.2) is 33.0 Å². The highest BCUT2D eigenvalue weighted by atomic mass is 32.2. The van der Waals surface area contributed by atoms with Crippen LogP contribution in [0.15, 0.2) is 126 Å². The second-order valence-electron chi connectivity index (χ2n) is 19.1. The summed E-state index contributed by atoms with van der Waals surface area (Å²) in [4.78, 5) is 44.2. The lowest BCUT2D eigenvalue weighted by Gasteiger charge is -2.34. The van der Waals surface area contributed by atoms with E-state index in [-0.39, 0.29) is 23.3 Å². The summed E-state index contributed by atoms with van der Waals surface area (Å²) in [5.74, 6) is -0.245. The number of hydrogen-bond donors (Lipinski definition) is 0. The minimum absolute atomic E-state index is 0.0424. The molecule has 1 atom stereocenters. The minimum atomic E-state index is -0.399. The molecule has 0 spiro atoms. The zero-order valence-corrected chi connectivity index (χ0v) is 44.8. The Kier molecular flexibility index (Phi) is 14.2. The van der Waals surface area contributed by atoms with Crippen LogP contribution in [-0.2, 0) is 20.5 Å². The van der Waals surface area contributed by atoms with Gasteiger partial charge in [0.25, 0.3) is 5.91 Å². The van der Waals surface area contributed by atoms with Gasteiger partial charge in [0.1, 0.15) is 9.23 Å². The predicted molar refractivity (Wildman–Crippen MR) is 302 cm³/mol. The first-order chi connectivity index (χ1) is 34.6. The molecule has 11 heteroatoms. The van der Waals surface area contributed by atoms with Gasteiger partial charge in [-0.3, -0.25) is 14.5 Å². The molecule has 71 heavy (non-hydrogen) atoms. The number of thiophene rings is 1. The molecular formula is C60H61N3O4S4. The number of thioether (sulfide) groups is 1. The van der Waals surface area contributed by atoms with Crippen molar-refractivity contribution in [1.82, 2.24) is 9.63 Å². The lowest BCUT2D eigenvalue weighted by molar-refractivity contribution is -0.293. The fourth-order valence-corrected chi connectivity index (χ4v) is 14.8. The van der Waals surface area contributed by atoms with E-state index in [9.17, 15) is 9.59 Å². The van der Waals surface area contributed by atoms with E-state index in [1.54, 1.807) is 18.3 Å². The molecule has 3 aliphatic rings. The molecule has 1 aliphatic heterocycles. The summed E-state index contributed by atoms with van der Waals surface area (Å²) in [5, 5.41) is 0. The maximum Gasteiger partial charge on any atom is 0.304 e. The molecule has 5 aromatic carbocycles. The number of aromatic nitrogens is 1. The average Bonchev–Trinajstić information content (AvgIpc) is 4.18. The van der Waals surface area contributed by atoms with E-state index in [0.717, 1.165) is 82.1 Å². The molecule has 0 saturated carbocycles. The van der Waals surface area contributed by atoms with Crippen molar-refractivity contribution < 1.29 is 14.7 Å². The Morgan fingerprint density at radius 2 is 1.24 bits per heavy atom. The largest absolute Gasteiger partial charge is 0.310 e. The Hall–Kier alpha value is -5.56. The molecule has 1 amide bonds. The Labute approximate surface area is 435 Å². The summed E-state index contributed by atoms with van der Waals surface area (Å²) in [6, 6.07) is 45.8. The first kappa shape index (κ1) is 49.0. The number of unbranched alkanes of at least 4 members (excludes halogenated alkanes) is 3. The number of carbonyl (C=O) groups is 1. The SMILES string of the molecule is CCCCC1(C)c2ccccc2-c2ccc(N(c3ccc(-c4ccc(/C=c5/s/c(=C6/SC(=S)N(CC)C6=O)n(OOCC)c5=O)s4)cc3)c3ccc4c(c3)C(CCCC)(CCCC)c3ccccc3-4)cc21. The fraction of sp³-hybridized carbons (Fsp3) is 0.317. The number of anilines is 3. The van der Waals surface area contributed by atoms with Gasteiger partial charge < -0.3 is 4.90 Å². The normalized spacial score (nSPS) is 17.4. The van der Waals surface area contributed by atoms with E-state index in [1.807, 2.05) is 19.1 Å². The van der Waals surface area contributed by atoms with E-state index in [1.165, 1.54) is 85.3 Å². The molecule has 2 aliphatic carbocycles. The van der Waals surface area contributed by atoms with Gasteiger partial charge in [-0.2, -0.15) is 4.89 Å². The van der Waals surface area contributed by atoms with Crippen molar-refractivity contribution in [2.24, 2.45) is 0 Å². The first-order valence-corrected chi connectivity index (χ1v) is 28.3. The summed E-state index contributed by atoms with van der Waals surface area (Å²) < 4.78 is 2.31.